The highest BCUT2D eigenvalue weighted by Gasteiger charge is 2.26. The van der Waals surface area contributed by atoms with Crippen LogP contribution < -0.4 is 5.32 Å². The Hall–Kier alpha value is -1.26. The molecule has 2 amide bonds. The number of nitrogens with one attached hydrogen (secondary N) is 1. The molecule has 0 radical (unpaired) electrons. The predicted molar refractivity (Wildman–Crippen MR) is 97.6 cm³/mol. The van der Waals surface area contributed by atoms with Gasteiger partial charge in [0.1, 0.15) is 0 Å². The molecule has 6 heteroatoms. The Morgan fingerprint density at radius 2 is 1.79 bits per heavy atom. The van der Waals surface area contributed by atoms with Crippen molar-refractivity contribution in [2.24, 2.45) is 5.41 Å². The number of hydrogen-bond acceptors (Lipinski definition) is 2. The zero-order valence-corrected chi connectivity index (χ0v) is 15.9. The molecule has 132 valence electrons. The van der Waals surface area contributed by atoms with Crippen LogP contribution in [0.25, 0.3) is 0 Å². The van der Waals surface area contributed by atoms with Crippen LogP contribution in [0, 0.1) is 5.41 Å². The van der Waals surface area contributed by atoms with E-state index >= 15 is 0 Å². The lowest BCUT2D eigenvalue weighted by Gasteiger charge is -2.34. The van der Waals surface area contributed by atoms with E-state index in [1.807, 2.05) is 4.90 Å². The number of piperidine rings is 1. The normalized spacial score (nSPS) is 16.1. The molecule has 1 N–H and O–H groups in total. The van der Waals surface area contributed by atoms with Crippen molar-refractivity contribution < 1.29 is 9.59 Å². The number of benzene rings is 1. The molecule has 0 spiro atoms. The van der Waals surface area contributed by atoms with E-state index in [2.05, 4.69) is 26.1 Å². The summed E-state index contributed by atoms with van der Waals surface area (Å²) in [6.45, 7) is 7.56. The fourth-order valence-corrected chi connectivity index (χ4v) is 3.04. The number of carbonyl (C=O) groups is 2. The summed E-state index contributed by atoms with van der Waals surface area (Å²) in [4.78, 5) is 26.4. The minimum absolute atomic E-state index is 0.00397. The van der Waals surface area contributed by atoms with Crippen molar-refractivity contribution in [3.8, 4) is 0 Å². The highest BCUT2D eigenvalue weighted by molar-refractivity contribution is 6.42. The summed E-state index contributed by atoms with van der Waals surface area (Å²) < 4.78 is 0. The molecule has 1 fully saturated rings. The van der Waals surface area contributed by atoms with Crippen molar-refractivity contribution in [2.75, 3.05) is 13.1 Å². The van der Waals surface area contributed by atoms with Gasteiger partial charge in [-0.05, 0) is 36.5 Å². The van der Waals surface area contributed by atoms with E-state index < -0.39 is 0 Å². The Morgan fingerprint density at radius 1 is 1.17 bits per heavy atom. The van der Waals surface area contributed by atoms with Crippen molar-refractivity contribution in [3.63, 3.8) is 0 Å². The first-order valence-electron chi connectivity index (χ1n) is 8.19. The van der Waals surface area contributed by atoms with Crippen LogP contribution in [-0.4, -0.2) is 35.8 Å². The Balaban J connectivity index is 1.85. The third kappa shape index (κ3) is 5.38. The van der Waals surface area contributed by atoms with E-state index in [-0.39, 0.29) is 23.3 Å². The van der Waals surface area contributed by atoms with Crippen LogP contribution in [0.5, 0.6) is 0 Å². The molecule has 0 aliphatic carbocycles. The van der Waals surface area contributed by atoms with Crippen LogP contribution in [0.4, 0.5) is 0 Å². The van der Waals surface area contributed by atoms with Crippen LogP contribution in [0.15, 0.2) is 18.2 Å². The molecule has 24 heavy (non-hydrogen) atoms. The second-order valence-corrected chi connectivity index (χ2v) is 8.31. The molecule has 1 heterocycles. The minimum atomic E-state index is -0.159. The van der Waals surface area contributed by atoms with Crippen LogP contribution in [0.2, 0.25) is 10.0 Å². The van der Waals surface area contributed by atoms with Gasteiger partial charge in [-0.25, -0.2) is 0 Å². The number of likely N-dealkylation sites (tertiary alicyclic amines) is 1. The summed E-state index contributed by atoms with van der Waals surface area (Å²) in [5.41, 5.74) is 0.492. The van der Waals surface area contributed by atoms with Crippen molar-refractivity contribution >= 4 is 35.0 Å². The van der Waals surface area contributed by atoms with E-state index in [0.717, 1.165) is 12.8 Å². The molecule has 4 nitrogen and oxygen atoms in total. The lowest BCUT2D eigenvalue weighted by molar-refractivity contribution is -0.134. The van der Waals surface area contributed by atoms with Gasteiger partial charge in [-0.1, -0.05) is 44.0 Å². The lowest BCUT2D eigenvalue weighted by Crippen LogP contribution is -2.47. The van der Waals surface area contributed by atoms with Gasteiger partial charge in [-0.2, -0.15) is 0 Å². The first kappa shape index (κ1) is 19.1. The summed E-state index contributed by atoms with van der Waals surface area (Å²) in [6, 6.07) is 4.92. The quantitative estimate of drug-likeness (QED) is 0.868. The zero-order valence-electron chi connectivity index (χ0n) is 14.4. The molecule has 0 bridgehead atoms. The van der Waals surface area contributed by atoms with Crippen molar-refractivity contribution in [1.29, 1.82) is 0 Å². The van der Waals surface area contributed by atoms with Crippen molar-refractivity contribution in [3.05, 3.63) is 33.8 Å². The number of carbonyl (C=O) groups excluding carboxylic acids is 2. The largest absolute Gasteiger partial charge is 0.349 e. The smallest absolute Gasteiger partial charge is 0.251 e. The lowest BCUT2D eigenvalue weighted by atomic mass is 9.91. The van der Waals surface area contributed by atoms with E-state index in [0.29, 0.717) is 35.1 Å². The van der Waals surface area contributed by atoms with E-state index in [9.17, 15) is 9.59 Å². The summed E-state index contributed by atoms with van der Waals surface area (Å²) in [7, 11) is 0. The van der Waals surface area contributed by atoms with Gasteiger partial charge in [-0.3, -0.25) is 9.59 Å². The van der Waals surface area contributed by atoms with Gasteiger partial charge >= 0.3 is 0 Å². The molecule has 1 aliphatic rings. The molecular weight excluding hydrogens is 347 g/mol. The molecule has 1 aromatic rings. The summed E-state index contributed by atoms with van der Waals surface area (Å²) in [6.07, 6.45) is 2.08. The van der Waals surface area contributed by atoms with E-state index in [1.165, 1.54) is 0 Å². The Morgan fingerprint density at radius 3 is 2.33 bits per heavy atom. The third-order valence-corrected chi connectivity index (χ3v) is 4.79. The Labute approximate surface area is 153 Å². The maximum absolute atomic E-state index is 12.3. The fraction of sp³-hybridized carbons (Fsp3) is 0.556. The summed E-state index contributed by atoms with van der Waals surface area (Å²) in [5.74, 6) is 0.0322. The van der Waals surface area contributed by atoms with Crippen molar-refractivity contribution in [1.82, 2.24) is 10.2 Å². The predicted octanol–water partition coefficient (Wildman–Crippen LogP) is 4.15. The molecule has 0 unspecified atom stereocenters. The second-order valence-electron chi connectivity index (χ2n) is 7.49. The first-order chi connectivity index (χ1) is 11.2. The molecule has 0 atom stereocenters. The monoisotopic (exact) mass is 370 g/mol. The van der Waals surface area contributed by atoms with Crippen LogP contribution in [-0.2, 0) is 4.79 Å². The van der Waals surface area contributed by atoms with Crippen molar-refractivity contribution in [2.45, 2.75) is 46.1 Å². The maximum Gasteiger partial charge on any atom is 0.251 e. The maximum atomic E-state index is 12.3. The van der Waals surface area contributed by atoms with Gasteiger partial charge in [0.05, 0.1) is 10.0 Å². The van der Waals surface area contributed by atoms with Gasteiger partial charge in [0, 0.05) is 31.1 Å². The minimum Gasteiger partial charge on any atom is -0.349 e. The standard InChI is InChI=1S/C18H24Cl2N2O2/c1-18(2,3)11-16(23)22-8-6-13(7-9-22)21-17(24)12-4-5-14(19)15(20)10-12/h4-5,10,13H,6-9,11H2,1-3H3,(H,21,24). The average Bonchev–Trinajstić information content (AvgIpc) is 2.49. The van der Waals surface area contributed by atoms with E-state index in [4.69, 9.17) is 23.2 Å². The molecule has 1 aliphatic heterocycles. The highest BCUT2D eigenvalue weighted by atomic mass is 35.5. The van der Waals surface area contributed by atoms with E-state index in [1.54, 1.807) is 18.2 Å². The number of halogens is 2. The molecule has 1 saturated heterocycles. The summed E-state index contributed by atoms with van der Waals surface area (Å²) >= 11 is 11.8. The molecular formula is C18H24Cl2N2O2. The molecule has 0 aromatic heterocycles. The van der Waals surface area contributed by atoms with Crippen LogP contribution in [0.3, 0.4) is 0 Å². The number of rotatable bonds is 3. The van der Waals surface area contributed by atoms with Gasteiger partial charge in [-0.15, -0.1) is 0 Å². The Bertz CT molecular complexity index is 618. The van der Waals surface area contributed by atoms with Gasteiger partial charge in [0.2, 0.25) is 5.91 Å². The molecule has 2 rings (SSSR count). The average molecular weight is 371 g/mol. The Kier molecular flexibility index (Phi) is 6.16. The number of hydrogen-bond donors (Lipinski definition) is 1. The number of amides is 2. The fourth-order valence-electron chi connectivity index (χ4n) is 2.74. The SMILES string of the molecule is CC(C)(C)CC(=O)N1CCC(NC(=O)c2ccc(Cl)c(Cl)c2)CC1. The number of nitrogens with zero attached hydrogens (tertiary/aromatic N) is 1. The third-order valence-electron chi connectivity index (χ3n) is 4.05. The van der Waals surface area contributed by atoms with Gasteiger partial charge in [0.15, 0.2) is 0 Å². The molecule has 1 aromatic carbocycles. The summed E-state index contributed by atoms with van der Waals surface area (Å²) in [5, 5.41) is 3.81. The molecule has 0 saturated carbocycles. The first-order valence-corrected chi connectivity index (χ1v) is 8.95. The second kappa shape index (κ2) is 7.75. The zero-order chi connectivity index (χ0) is 17.9. The highest BCUT2D eigenvalue weighted by Crippen LogP contribution is 2.24. The van der Waals surface area contributed by atoms with Gasteiger partial charge in [0.25, 0.3) is 5.91 Å². The topological polar surface area (TPSA) is 49.4 Å². The van der Waals surface area contributed by atoms with Crippen LogP contribution >= 0.6 is 23.2 Å². The van der Waals surface area contributed by atoms with Crippen LogP contribution in [0.1, 0.15) is 50.4 Å². The van der Waals surface area contributed by atoms with Gasteiger partial charge < -0.3 is 10.2 Å².